The van der Waals surface area contributed by atoms with Gasteiger partial charge < -0.3 is 0 Å². The van der Waals surface area contributed by atoms with Gasteiger partial charge in [-0.3, -0.25) is 11.3 Å². The van der Waals surface area contributed by atoms with Crippen LogP contribution in [0.5, 0.6) is 0 Å². The lowest BCUT2D eigenvalue weighted by molar-refractivity contribution is 0.178. The van der Waals surface area contributed by atoms with Crippen molar-refractivity contribution >= 4 is 32.1 Å². The Bertz CT molecular complexity index is 502. The number of rotatable bonds is 4. The Morgan fingerprint density at radius 2 is 2.21 bits per heavy atom. The third-order valence-electron chi connectivity index (χ3n) is 4.56. The highest BCUT2D eigenvalue weighted by Gasteiger charge is 2.32. The lowest BCUT2D eigenvalue weighted by atomic mass is 9.74. The van der Waals surface area contributed by atoms with Gasteiger partial charge in [-0.05, 0) is 35.8 Å². The normalized spacial score (nSPS) is 25.8. The van der Waals surface area contributed by atoms with Crippen molar-refractivity contribution in [3.05, 3.63) is 22.4 Å². The quantitative estimate of drug-likeness (QED) is 0.634. The van der Waals surface area contributed by atoms with Crippen LogP contribution >= 0.6 is 22.7 Å². The molecular formula is C15H22N2S2. The number of hydrogen-bond acceptors (Lipinski definition) is 4. The minimum absolute atomic E-state index is 0.342. The summed E-state index contributed by atoms with van der Waals surface area (Å²) in [4.78, 5) is 1.43. The highest BCUT2D eigenvalue weighted by Crippen LogP contribution is 2.43. The van der Waals surface area contributed by atoms with Gasteiger partial charge in [0, 0.05) is 14.3 Å². The molecule has 0 spiro atoms. The topological polar surface area (TPSA) is 38.0 Å². The Kier molecular flexibility index (Phi) is 4.22. The predicted octanol–water partition coefficient (Wildman–Crippen LogP) is 4.68. The first kappa shape index (κ1) is 13.6. The number of fused-ring (bicyclic) bond motifs is 1. The molecule has 0 amide bonds. The van der Waals surface area contributed by atoms with Crippen LogP contribution in [0.2, 0.25) is 0 Å². The standard InChI is InChI=1S/C15H22N2S2/c1-2-10-5-3-4-6-11(10)15(17-16)14-9-13-12(19-14)7-8-18-13/h7-11,15,17H,2-6,16H2,1H3. The molecule has 4 heteroatoms. The Morgan fingerprint density at radius 3 is 2.95 bits per heavy atom. The first-order valence-electron chi connectivity index (χ1n) is 7.26. The van der Waals surface area contributed by atoms with Crippen LogP contribution < -0.4 is 11.3 Å². The molecule has 1 saturated carbocycles. The lowest BCUT2D eigenvalue weighted by Crippen LogP contribution is -2.37. The largest absolute Gasteiger partial charge is 0.271 e. The zero-order valence-corrected chi connectivity index (χ0v) is 13.0. The molecule has 3 N–H and O–H groups in total. The fraction of sp³-hybridized carbons (Fsp3) is 0.600. The summed E-state index contributed by atoms with van der Waals surface area (Å²) in [7, 11) is 0. The fourth-order valence-corrected chi connectivity index (χ4v) is 5.79. The third-order valence-corrected chi connectivity index (χ3v) is 6.74. The van der Waals surface area contributed by atoms with E-state index >= 15 is 0 Å². The van der Waals surface area contributed by atoms with Crippen molar-refractivity contribution in [1.82, 2.24) is 5.43 Å². The fourth-order valence-electron chi connectivity index (χ4n) is 3.54. The molecule has 2 aromatic heterocycles. The number of nitrogens with two attached hydrogens (primary N) is 1. The number of hydrazine groups is 1. The van der Waals surface area contributed by atoms with Gasteiger partial charge in [-0.2, -0.15) is 0 Å². The molecule has 1 fully saturated rings. The second kappa shape index (κ2) is 5.92. The van der Waals surface area contributed by atoms with E-state index in [1.54, 1.807) is 0 Å². The van der Waals surface area contributed by atoms with Gasteiger partial charge in [0.1, 0.15) is 0 Å². The van der Waals surface area contributed by atoms with Gasteiger partial charge >= 0.3 is 0 Å². The molecule has 0 aromatic carbocycles. The van der Waals surface area contributed by atoms with Gasteiger partial charge in [0.2, 0.25) is 0 Å². The SMILES string of the molecule is CCC1CCCCC1C(NN)c1cc2sccc2s1. The second-order valence-electron chi connectivity index (χ2n) is 5.56. The monoisotopic (exact) mass is 294 g/mol. The van der Waals surface area contributed by atoms with Gasteiger partial charge in [-0.15, -0.1) is 22.7 Å². The highest BCUT2D eigenvalue weighted by molar-refractivity contribution is 7.26. The first-order chi connectivity index (χ1) is 9.33. The maximum atomic E-state index is 5.90. The molecule has 0 bridgehead atoms. The van der Waals surface area contributed by atoms with Gasteiger partial charge in [0.25, 0.3) is 0 Å². The molecule has 1 aliphatic rings. The summed E-state index contributed by atoms with van der Waals surface area (Å²) in [6.45, 7) is 2.32. The number of nitrogens with one attached hydrogen (secondary N) is 1. The van der Waals surface area contributed by atoms with E-state index in [0.717, 1.165) is 5.92 Å². The van der Waals surface area contributed by atoms with E-state index in [1.165, 1.54) is 46.4 Å². The first-order valence-corrected chi connectivity index (χ1v) is 8.96. The van der Waals surface area contributed by atoms with E-state index in [9.17, 15) is 0 Å². The number of thiophene rings is 2. The molecule has 3 rings (SSSR count). The molecule has 3 atom stereocenters. The molecule has 2 heterocycles. The van der Waals surface area contributed by atoms with E-state index in [2.05, 4.69) is 29.9 Å². The summed E-state index contributed by atoms with van der Waals surface area (Å²) in [5, 5.41) is 2.17. The number of hydrogen-bond donors (Lipinski definition) is 2. The van der Waals surface area contributed by atoms with E-state index in [0.29, 0.717) is 12.0 Å². The molecule has 3 unspecified atom stereocenters. The van der Waals surface area contributed by atoms with E-state index in [4.69, 9.17) is 5.84 Å². The lowest BCUT2D eigenvalue weighted by Gasteiger charge is -2.36. The van der Waals surface area contributed by atoms with Crippen molar-refractivity contribution in [2.75, 3.05) is 0 Å². The smallest absolute Gasteiger partial charge is 0.0584 e. The van der Waals surface area contributed by atoms with Crippen LogP contribution in [0.25, 0.3) is 9.40 Å². The molecule has 0 saturated heterocycles. The Hall–Kier alpha value is -0.420. The van der Waals surface area contributed by atoms with E-state index in [1.807, 2.05) is 22.7 Å². The van der Waals surface area contributed by atoms with Crippen LogP contribution in [0.1, 0.15) is 49.9 Å². The van der Waals surface area contributed by atoms with Gasteiger partial charge in [0.05, 0.1) is 6.04 Å². The summed E-state index contributed by atoms with van der Waals surface area (Å²) >= 11 is 3.74. The predicted molar refractivity (Wildman–Crippen MR) is 85.5 cm³/mol. The minimum Gasteiger partial charge on any atom is -0.271 e. The van der Waals surface area contributed by atoms with Crippen molar-refractivity contribution in [1.29, 1.82) is 0 Å². The van der Waals surface area contributed by atoms with Gasteiger partial charge in [-0.1, -0.05) is 32.6 Å². The highest BCUT2D eigenvalue weighted by atomic mass is 32.1. The average Bonchev–Trinajstić information content (AvgIpc) is 3.01. The molecule has 0 radical (unpaired) electrons. The summed E-state index contributed by atoms with van der Waals surface area (Å²) in [5.41, 5.74) is 3.12. The minimum atomic E-state index is 0.342. The van der Waals surface area contributed by atoms with Crippen LogP contribution in [0, 0.1) is 11.8 Å². The third kappa shape index (κ3) is 2.59. The molecule has 19 heavy (non-hydrogen) atoms. The Balaban J connectivity index is 1.88. The molecule has 2 aromatic rings. The zero-order valence-electron chi connectivity index (χ0n) is 11.4. The molecular weight excluding hydrogens is 272 g/mol. The van der Waals surface area contributed by atoms with Crippen LogP contribution in [-0.2, 0) is 0 Å². The summed E-state index contributed by atoms with van der Waals surface area (Å²) in [5.74, 6) is 7.44. The Morgan fingerprint density at radius 1 is 1.37 bits per heavy atom. The van der Waals surface area contributed by atoms with Crippen molar-refractivity contribution < 1.29 is 0 Å². The zero-order chi connectivity index (χ0) is 13.2. The summed E-state index contributed by atoms with van der Waals surface area (Å²) in [6.07, 6.45) is 6.73. The maximum Gasteiger partial charge on any atom is 0.0584 e. The van der Waals surface area contributed by atoms with Crippen LogP contribution in [-0.4, -0.2) is 0 Å². The average molecular weight is 294 g/mol. The van der Waals surface area contributed by atoms with Crippen LogP contribution in [0.3, 0.4) is 0 Å². The van der Waals surface area contributed by atoms with Gasteiger partial charge in [0.15, 0.2) is 0 Å². The van der Waals surface area contributed by atoms with Crippen molar-refractivity contribution in [2.24, 2.45) is 17.7 Å². The van der Waals surface area contributed by atoms with Crippen LogP contribution in [0.4, 0.5) is 0 Å². The van der Waals surface area contributed by atoms with Crippen LogP contribution in [0.15, 0.2) is 17.5 Å². The van der Waals surface area contributed by atoms with Gasteiger partial charge in [-0.25, -0.2) is 0 Å². The summed E-state index contributed by atoms with van der Waals surface area (Å²) < 4.78 is 2.81. The Labute approximate surface area is 123 Å². The molecule has 2 nitrogen and oxygen atoms in total. The second-order valence-corrected chi connectivity index (χ2v) is 7.62. The van der Waals surface area contributed by atoms with Crippen molar-refractivity contribution in [2.45, 2.75) is 45.1 Å². The molecule has 104 valence electrons. The molecule has 0 aliphatic heterocycles. The van der Waals surface area contributed by atoms with E-state index < -0.39 is 0 Å². The van der Waals surface area contributed by atoms with E-state index in [-0.39, 0.29) is 0 Å². The van der Waals surface area contributed by atoms with Crippen molar-refractivity contribution in [3.63, 3.8) is 0 Å². The summed E-state index contributed by atoms with van der Waals surface area (Å²) in [6, 6.07) is 4.91. The van der Waals surface area contributed by atoms with Crippen molar-refractivity contribution in [3.8, 4) is 0 Å². The molecule has 1 aliphatic carbocycles. The maximum absolute atomic E-state index is 5.90.